The summed E-state index contributed by atoms with van der Waals surface area (Å²) < 4.78 is 5.92. The fourth-order valence-corrected chi connectivity index (χ4v) is 2.31. The lowest BCUT2D eigenvalue weighted by atomic mass is 10.2. The van der Waals surface area contributed by atoms with Crippen LogP contribution in [0.4, 0.5) is 0 Å². The lowest BCUT2D eigenvalue weighted by Gasteiger charge is -2.02. The van der Waals surface area contributed by atoms with Crippen molar-refractivity contribution in [3.05, 3.63) is 23.1 Å². The van der Waals surface area contributed by atoms with Gasteiger partial charge in [0.1, 0.15) is 0 Å². The second kappa shape index (κ2) is 2.92. The molecule has 2 nitrogen and oxygen atoms in total. The summed E-state index contributed by atoms with van der Waals surface area (Å²) in [5, 5.41) is 10.8. The lowest BCUT2D eigenvalue weighted by molar-refractivity contribution is 0.377. The van der Waals surface area contributed by atoms with E-state index in [4.69, 9.17) is 4.74 Å². The molecule has 1 aromatic carbocycles. The van der Waals surface area contributed by atoms with Crippen LogP contribution >= 0.6 is 11.3 Å². The molecule has 13 heavy (non-hydrogen) atoms. The number of thiophene rings is 1. The monoisotopic (exact) mass is 194 g/mol. The SMILES string of the molecule is COc1ccc2cc(C)sc2c1O. The maximum atomic E-state index is 9.75. The number of hydrogen-bond acceptors (Lipinski definition) is 3. The van der Waals surface area contributed by atoms with Crippen LogP contribution < -0.4 is 4.74 Å². The molecule has 0 aliphatic rings. The highest BCUT2D eigenvalue weighted by Crippen LogP contribution is 2.38. The quantitative estimate of drug-likeness (QED) is 0.756. The third-order valence-electron chi connectivity index (χ3n) is 1.97. The number of methoxy groups -OCH3 is 1. The van der Waals surface area contributed by atoms with Crippen LogP contribution in [-0.4, -0.2) is 12.2 Å². The van der Waals surface area contributed by atoms with Crippen molar-refractivity contribution in [2.24, 2.45) is 0 Å². The second-order valence-corrected chi connectivity index (χ2v) is 4.15. The van der Waals surface area contributed by atoms with Crippen LogP contribution in [0.1, 0.15) is 4.88 Å². The molecular formula is C10H10O2S. The zero-order chi connectivity index (χ0) is 9.42. The fourth-order valence-electron chi connectivity index (χ4n) is 1.36. The number of phenols is 1. The van der Waals surface area contributed by atoms with Crippen molar-refractivity contribution in [3.63, 3.8) is 0 Å². The molecule has 1 heterocycles. The Kier molecular flexibility index (Phi) is 1.88. The molecule has 2 aromatic rings. The van der Waals surface area contributed by atoms with Gasteiger partial charge in [-0.1, -0.05) is 0 Å². The van der Waals surface area contributed by atoms with Crippen LogP contribution in [0.15, 0.2) is 18.2 Å². The Morgan fingerprint density at radius 1 is 1.38 bits per heavy atom. The van der Waals surface area contributed by atoms with Gasteiger partial charge in [-0.3, -0.25) is 0 Å². The van der Waals surface area contributed by atoms with E-state index in [-0.39, 0.29) is 5.75 Å². The standard InChI is InChI=1S/C10H10O2S/c1-6-5-7-3-4-8(12-2)9(11)10(7)13-6/h3-5,11H,1-2H3. The minimum Gasteiger partial charge on any atom is -0.503 e. The van der Waals surface area contributed by atoms with E-state index in [9.17, 15) is 5.11 Å². The fraction of sp³-hybridized carbons (Fsp3) is 0.200. The molecule has 0 saturated heterocycles. The summed E-state index contributed by atoms with van der Waals surface area (Å²) in [5.41, 5.74) is 0. The molecule has 0 aliphatic carbocycles. The molecule has 0 saturated carbocycles. The normalized spacial score (nSPS) is 10.6. The Balaban J connectivity index is 2.78. The number of hydrogen-bond donors (Lipinski definition) is 1. The smallest absolute Gasteiger partial charge is 0.175 e. The molecule has 3 heteroatoms. The van der Waals surface area contributed by atoms with Gasteiger partial charge in [-0.05, 0) is 30.5 Å². The van der Waals surface area contributed by atoms with E-state index in [2.05, 4.69) is 6.07 Å². The summed E-state index contributed by atoms with van der Waals surface area (Å²) in [6, 6.07) is 5.79. The summed E-state index contributed by atoms with van der Waals surface area (Å²) in [7, 11) is 1.56. The van der Waals surface area contributed by atoms with Crippen molar-refractivity contribution in [2.75, 3.05) is 7.11 Å². The van der Waals surface area contributed by atoms with E-state index in [1.165, 1.54) is 4.88 Å². The Bertz CT molecular complexity index is 445. The molecule has 2 rings (SSSR count). The number of aryl methyl sites for hydroxylation is 1. The van der Waals surface area contributed by atoms with Gasteiger partial charge in [-0.2, -0.15) is 0 Å². The Morgan fingerprint density at radius 3 is 2.85 bits per heavy atom. The number of benzene rings is 1. The van der Waals surface area contributed by atoms with Gasteiger partial charge in [0.05, 0.1) is 11.8 Å². The van der Waals surface area contributed by atoms with Gasteiger partial charge in [0, 0.05) is 4.88 Å². The average molecular weight is 194 g/mol. The molecule has 0 atom stereocenters. The van der Waals surface area contributed by atoms with Crippen molar-refractivity contribution in [1.29, 1.82) is 0 Å². The van der Waals surface area contributed by atoms with Crippen LogP contribution in [0.2, 0.25) is 0 Å². The van der Waals surface area contributed by atoms with Gasteiger partial charge < -0.3 is 9.84 Å². The first-order chi connectivity index (χ1) is 6.22. The molecule has 0 amide bonds. The zero-order valence-corrected chi connectivity index (χ0v) is 8.31. The Morgan fingerprint density at radius 2 is 2.15 bits per heavy atom. The molecule has 0 unspecified atom stereocenters. The van der Waals surface area contributed by atoms with Crippen LogP contribution in [0, 0.1) is 6.92 Å². The number of fused-ring (bicyclic) bond motifs is 1. The highest BCUT2D eigenvalue weighted by Gasteiger charge is 2.08. The third-order valence-corrected chi connectivity index (χ3v) is 3.04. The van der Waals surface area contributed by atoms with Crippen molar-refractivity contribution in [2.45, 2.75) is 6.92 Å². The van der Waals surface area contributed by atoms with E-state index in [0.29, 0.717) is 5.75 Å². The molecule has 68 valence electrons. The maximum absolute atomic E-state index is 9.75. The van der Waals surface area contributed by atoms with Crippen molar-refractivity contribution < 1.29 is 9.84 Å². The van der Waals surface area contributed by atoms with E-state index in [1.54, 1.807) is 24.5 Å². The third kappa shape index (κ3) is 1.25. The van der Waals surface area contributed by atoms with Crippen molar-refractivity contribution in [3.8, 4) is 11.5 Å². The summed E-state index contributed by atoms with van der Waals surface area (Å²) in [4.78, 5) is 1.19. The van der Waals surface area contributed by atoms with E-state index in [0.717, 1.165) is 10.1 Å². The van der Waals surface area contributed by atoms with Crippen LogP contribution in [-0.2, 0) is 0 Å². The van der Waals surface area contributed by atoms with Crippen molar-refractivity contribution in [1.82, 2.24) is 0 Å². The Hall–Kier alpha value is -1.22. The summed E-state index contributed by atoms with van der Waals surface area (Å²) in [6.07, 6.45) is 0. The van der Waals surface area contributed by atoms with Gasteiger partial charge in [0.15, 0.2) is 11.5 Å². The average Bonchev–Trinajstić information content (AvgIpc) is 2.47. The first kappa shape index (κ1) is 8.38. The van der Waals surface area contributed by atoms with E-state index >= 15 is 0 Å². The predicted molar refractivity (Wildman–Crippen MR) is 54.8 cm³/mol. The maximum Gasteiger partial charge on any atom is 0.175 e. The van der Waals surface area contributed by atoms with Crippen LogP contribution in [0.3, 0.4) is 0 Å². The van der Waals surface area contributed by atoms with Gasteiger partial charge in [-0.15, -0.1) is 11.3 Å². The number of ether oxygens (including phenoxy) is 1. The molecule has 0 aliphatic heterocycles. The summed E-state index contributed by atoms with van der Waals surface area (Å²) in [5.74, 6) is 0.785. The lowest BCUT2D eigenvalue weighted by Crippen LogP contribution is -1.81. The summed E-state index contributed by atoms with van der Waals surface area (Å²) in [6.45, 7) is 2.02. The molecule has 0 bridgehead atoms. The molecule has 0 fully saturated rings. The number of aromatic hydroxyl groups is 1. The molecule has 1 aromatic heterocycles. The first-order valence-electron chi connectivity index (χ1n) is 3.98. The van der Waals surface area contributed by atoms with Crippen molar-refractivity contribution >= 4 is 21.4 Å². The van der Waals surface area contributed by atoms with E-state index < -0.39 is 0 Å². The van der Waals surface area contributed by atoms with Gasteiger partial charge in [-0.25, -0.2) is 0 Å². The van der Waals surface area contributed by atoms with E-state index in [1.807, 2.05) is 13.0 Å². The minimum atomic E-state index is 0.248. The highest BCUT2D eigenvalue weighted by molar-refractivity contribution is 7.19. The summed E-state index contributed by atoms with van der Waals surface area (Å²) >= 11 is 1.58. The molecular weight excluding hydrogens is 184 g/mol. The van der Waals surface area contributed by atoms with Crippen LogP contribution in [0.25, 0.3) is 10.1 Å². The van der Waals surface area contributed by atoms with Gasteiger partial charge >= 0.3 is 0 Å². The predicted octanol–water partition coefficient (Wildman–Crippen LogP) is 2.92. The molecule has 0 radical (unpaired) electrons. The second-order valence-electron chi connectivity index (χ2n) is 2.89. The zero-order valence-electron chi connectivity index (χ0n) is 7.50. The Labute approximate surface area is 80.4 Å². The molecule has 1 N–H and O–H groups in total. The number of rotatable bonds is 1. The van der Waals surface area contributed by atoms with Crippen LogP contribution in [0.5, 0.6) is 11.5 Å². The first-order valence-corrected chi connectivity index (χ1v) is 4.80. The number of phenolic OH excluding ortho intramolecular Hbond substituents is 1. The molecule has 0 spiro atoms. The van der Waals surface area contributed by atoms with Gasteiger partial charge in [0.2, 0.25) is 0 Å². The van der Waals surface area contributed by atoms with Gasteiger partial charge in [0.25, 0.3) is 0 Å². The topological polar surface area (TPSA) is 29.5 Å². The minimum absolute atomic E-state index is 0.248. The largest absolute Gasteiger partial charge is 0.503 e. The highest BCUT2D eigenvalue weighted by atomic mass is 32.1.